The van der Waals surface area contributed by atoms with Crippen LogP contribution >= 0.6 is 0 Å². The van der Waals surface area contributed by atoms with Crippen LogP contribution in [-0.4, -0.2) is 16.0 Å². The van der Waals surface area contributed by atoms with Gasteiger partial charge < -0.3 is 16.4 Å². The Kier molecular flexibility index (Phi) is 4.62. The number of nitrogen functional groups attached to an aromatic ring is 1. The van der Waals surface area contributed by atoms with E-state index in [1.54, 1.807) is 0 Å². The molecule has 0 saturated heterocycles. The summed E-state index contributed by atoms with van der Waals surface area (Å²) in [6.45, 7) is 8.43. The lowest BCUT2D eigenvalue weighted by Crippen LogP contribution is -2.14. The molecule has 0 saturated carbocycles. The van der Waals surface area contributed by atoms with Crippen LogP contribution in [0.3, 0.4) is 0 Å². The van der Waals surface area contributed by atoms with Crippen molar-refractivity contribution < 1.29 is 0 Å². The number of hydrogen-bond donors (Lipinski definition) is 3. The minimum atomic E-state index is 0.264. The van der Waals surface area contributed by atoms with Gasteiger partial charge in [0.25, 0.3) is 0 Å². The summed E-state index contributed by atoms with van der Waals surface area (Å²) in [5, 5.41) is 6.44. The van der Waals surface area contributed by atoms with E-state index in [-0.39, 0.29) is 6.04 Å². The zero-order chi connectivity index (χ0) is 15.4. The molecular formula is C16H23N5. The molecule has 5 nitrogen and oxygen atoms in total. The van der Waals surface area contributed by atoms with Gasteiger partial charge in [0, 0.05) is 11.7 Å². The molecule has 4 N–H and O–H groups in total. The third kappa shape index (κ3) is 3.84. The highest BCUT2D eigenvalue weighted by Crippen LogP contribution is 2.26. The second-order valence-corrected chi connectivity index (χ2v) is 5.69. The molecular weight excluding hydrogens is 262 g/mol. The van der Waals surface area contributed by atoms with Crippen LogP contribution in [-0.2, 0) is 0 Å². The van der Waals surface area contributed by atoms with E-state index in [0.29, 0.717) is 23.2 Å². The van der Waals surface area contributed by atoms with Gasteiger partial charge in [0.2, 0.25) is 0 Å². The van der Waals surface area contributed by atoms with Crippen molar-refractivity contribution in [3.05, 3.63) is 36.2 Å². The van der Waals surface area contributed by atoms with E-state index >= 15 is 0 Å². The predicted molar refractivity (Wildman–Crippen MR) is 89.0 cm³/mol. The number of aromatic nitrogens is 2. The summed E-state index contributed by atoms with van der Waals surface area (Å²) in [6.07, 6.45) is 1.51. The molecule has 0 bridgehead atoms. The number of anilines is 4. The Morgan fingerprint density at radius 3 is 2.14 bits per heavy atom. The van der Waals surface area contributed by atoms with E-state index in [9.17, 15) is 0 Å². The summed E-state index contributed by atoms with van der Waals surface area (Å²) in [6, 6.07) is 8.55. The minimum Gasteiger partial charge on any atom is -0.393 e. The van der Waals surface area contributed by atoms with Crippen LogP contribution in [0.25, 0.3) is 0 Å². The van der Waals surface area contributed by atoms with Crippen LogP contribution < -0.4 is 16.4 Å². The zero-order valence-electron chi connectivity index (χ0n) is 13.0. The second-order valence-electron chi connectivity index (χ2n) is 5.69. The number of nitrogens with two attached hydrogens (primary N) is 1. The van der Waals surface area contributed by atoms with Crippen molar-refractivity contribution in [2.45, 2.75) is 39.7 Å². The number of rotatable bonds is 5. The topological polar surface area (TPSA) is 75.9 Å². The molecule has 0 radical (unpaired) electrons. The quantitative estimate of drug-likeness (QED) is 0.780. The Morgan fingerprint density at radius 1 is 0.952 bits per heavy atom. The van der Waals surface area contributed by atoms with Gasteiger partial charge in [-0.25, -0.2) is 9.97 Å². The van der Waals surface area contributed by atoms with Crippen LogP contribution in [0.5, 0.6) is 0 Å². The summed E-state index contributed by atoms with van der Waals surface area (Å²) in [7, 11) is 0. The highest BCUT2D eigenvalue weighted by atomic mass is 15.1. The smallest absolute Gasteiger partial charge is 0.159 e. The molecule has 1 aromatic heterocycles. The van der Waals surface area contributed by atoms with Gasteiger partial charge in [-0.1, -0.05) is 26.0 Å². The third-order valence-electron chi connectivity index (χ3n) is 3.15. The van der Waals surface area contributed by atoms with Gasteiger partial charge >= 0.3 is 0 Å². The summed E-state index contributed by atoms with van der Waals surface area (Å²) in [4.78, 5) is 8.38. The normalized spacial score (nSPS) is 11.0. The Hall–Kier alpha value is -2.30. The maximum Gasteiger partial charge on any atom is 0.159 e. The van der Waals surface area contributed by atoms with Crippen LogP contribution in [0, 0.1) is 0 Å². The van der Waals surface area contributed by atoms with E-state index in [1.165, 1.54) is 11.9 Å². The number of nitrogens with one attached hydrogen (secondary N) is 2. The molecule has 0 fully saturated rings. The van der Waals surface area contributed by atoms with Crippen molar-refractivity contribution in [1.82, 2.24) is 9.97 Å². The molecule has 0 spiro atoms. The van der Waals surface area contributed by atoms with Crippen molar-refractivity contribution in [2.24, 2.45) is 0 Å². The zero-order valence-corrected chi connectivity index (χ0v) is 13.0. The van der Waals surface area contributed by atoms with E-state index < -0.39 is 0 Å². The fraction of sp³-hybridized carbons (Fsp3) is 0.375. The first-order valence-corrected chi connectivity index (χ1v) is 7.21. The molecule has 21 heavy (non-hydrogen) atoms. The number of hydrogen-bond acceptors (Lipinski definition) is 5. The van der Waals surface area contributed by atoms with Crippen molar-refractivity contribution >= 4 is 23.0 Å². The Balaban J connectivity index is 2.19. The lowest BCUT2D eigenvalue weighted by Gasteiger charge is -2.14. The summed E-state index contributed by atoms with van der Waals surface area (Å²) in [5.41, 5.74) is 8.90. The van der Waals surface area contributed by atoms with Crippen LogP contribution in [0.15, 0.2) is 30.6 Å². The molecule has 0 aliphatic heterocycles. The minimum absolute atomic E-state index is 0.264. The maximum atomic E-state index is 6.11. The highest BCUT2D eigenvalue weighted by molar-refractivity contribution is 5.77. The van der Waals surface area contributed by atoms with Gasteiger partial charge in [0.1, 0.15) is 12.0 Å². The van der Waals surface area contributed by atoms with Crippen LogP contribution in [0.4, 0.5) is 23.0 Å². The van der Waals surface area contributed by atoms with Crippen molar-refractivity contribution in [2.75, 3.05) is 16.4 Å². The summed E-state index contributed by atoms with van der Waals surface area (Å²) in [5.74, 6) is 1.79. The Morgan fingerprint density at radius 2 is 1.57 bits per heavy atom. The monoisotopic (exact) mass is 285 g/mol. The van der Waals surface area contributed by atoms with E-state index in [2.05, 4.69) is 46.6 Å². The molecule has 5 heteroatoms. The van der Waals surface area contributed by atoms with E-state index in [4.69, 9.17) is 5.73 Å². The molecule has 0 aliphatic rings. The average Bonchev–Trinajstić information content (AvgIpc) is 2.43. The molecule has 0 atom stereocenters. The SMILES string of the molecule is CC(C)Nc1ncnc(Nc2ccc(C(C)C)cc2)c1N. The van der Waals surface area contributed by atoms with Crippen LogP contribution in [0.2, 0.25) is 0 Å². The van der Waals surface area contributed by atoms with Crippen molar-refractivity contribution in [1.29, 1.82) is 0 Å². The van der Waals surface area contributed by atoms with Crippen LogP contribution in [0.1, 0.15) is 39.2 Å². The van der Waals surface area contributed by atoms with E-state index in [0.717, 1.165) is 5.69 Å². The standard InChI is InChI=1S/C16H23N5/c1-10(2)12-5-7-13(8-6-12)21-16-14(17)15(18-9-19-16)20-11(3)4/h5-11H,17H2,1-4H3,(H2,18,19,20,21). The van der Waals surface area contributed by atoms with Gasteiger partial charge in [-0.15, -0.1) is 0 Å². The maximum absolute atomic E-state index is 6.11. The molecule has 0 amide bonds. The fourth-order valence-corrected chi connectivity index (χ4v) is 1.97. The molecule has 112 valence electrons. The first kappa shape index (κ1) is 15.1. The molecule has 1 heterocycles. The van der Waals surface area contributed by atoms with Gasteiger partial charge in [0.05, 0.1) is 0 Å². The molecule has 0 aliphatic carbocycles. The largest absolute Gasteiger partial charge is 0.393 e. The Labute approximate surface area is 126 Å². The van der Waals surface area contributed by atoms with Gasteiger partial charge in [-0.3, -0.25) is 0 Å². The first-order valence-electron chi connectivity index (χ1n) is 7.21. The van der Waals surface area contributed by atoms with Crippen molar-refractivity contribution in [3.8, 4) is 0 Å². The summed E-state index contributed by atoms with van der Waals surface area (Å²) < 4.78 is 0. The van der Waals surface area contributed by atoms with Gasteiger partial charge in [-0.05, 0) is 37.5 Å². The number of nitrogens with zero attached hydrogens (tertiary/aromatic N) is 2. The molecule has 0 unspecified atom stereocenters. The van der Waals surface area contributed by atoms with Crippen molar-refractivity contribution in [3.63, 3.8) is 0 Å². The highest BCUT2D eigenvalue weighted by Gasteiger charge is 2.09. The lowest BCUT2D eigenvalue weighted by atomic mass is 10.0. The Bertz CT molecular complexity index is 590. The fourth-order valence-electron chi connectivity index (χ4n) is 1.97. The summed E-state index contributed by atoms with van der Waals surface area (Å²) >= 11 is 0. The predicted octanol–water partition coefficient (Wildman–Crippen LogP) is 3.75. The number of benzene rings is 1. The third-order valence-corrected chi connectivity index (χ3v) is 3.15. The molecule has 1 aromatic carbocycles. The molecule has 2 aromatic rings. The van der Waals surface area contributed by atoms with Gasteiger partial charge in [0.15, 0.2) is 11.6 Å². The first-order chi connectivity index (χ1) is 9.97. The average molecular weight is 285 g/mol. The second kappa shape index (κ2) is 6.43. The van der Waals surface area contributed by atoms with Gasteiger partial charge in [-0.2, -0.15) is 0 Å². The lowest BCUT2D eigenvalue weighted by molar-refractivity contribution is 0.867. The molecule has 2 rings (SSSR count). The van der Waals surface area contributed by atoms with E-state index in [1.807, 2.05) is 26.0 Å².